The highest BCUT2D eigenvalue weighted by atomic mass is 32.2. The van der Waals surface area contributed by atoms with Crippen molar-refractivity contribution >= 4 is 17.7 Å². The smallest absolute Gasteiger partial charge is 0.254 e. The van der Waals surface area contributed by atoms with E-state index in [2.05, 4.69) is 54.6 Å². The Morgan fingerprint density at radius 1 is 0.960 bits per heavy atom. The van der Waals surface area contributed by atoms with Gasteiger partial charge in [-0.15, -0.1) is 0 Å². The molecular formula is C22H19NOS. The summed E-state index contributed by atoms with van der Waals surface area (Å²) in [6.45, 7) is 1.36. The molecular weight excluding hydrogens is 326 g/mol. The van der Waals surface area contributed by atoms with Crippen LogP contribution in [0.15, 0.2) is 88.7 Å². The molecule has 0 atom stereocenters. The molecule has 3 heteroatoms. The molecule has 0 aromatic heterocycles. The number of hydrogen-bond donors (Lipinski definition) is 0. The number of thioether (sulfide) groups is 1. The van der Waals surface area contributed by atoms with Crippen molar-refractivity contribution in [3.63, 3.8) is 0 Å². The second-order valence-corrected chi connectivity index (χ2v) is 7.41. The fourth-order valence-electron chi connectivity index (χ4n) is 3.11. The summed E-state index contributed by atoms with van der Waals surface area (Å²) < 4.78 is 0. The van der Waals surface area contributed by atoms with Crippen LogP contribution in [0.2, 0.25) is 0 Å². The second kappa shape index (κ2) is 7.16. The predicted octanol–water partition coefficient (Wildman–Crippen LogP) is 5.33. The highest BCUT2D eigenvalue weighted by Gasteiger charge is 2.26. The molecule has 1 aliphatic heterocycles. The van der Waals surface area contributed by atoms with E-state index in [0.29, 0.717) is 13.1 Å². The highest BCUT2D eigenvalue weighted by molar-refractivity contribution is 8.03. The first-order valence-electron chi connectivity index (χ1n) is 8.46. The zero-order valence-corrected chi connectivity index (χ0v) is 14.7. The first kappa shape index (κ1) is 16.0. The fraction of sp³-hybridized carbons (Fsp3) is 0.136. The van der Waals surface area contributed by atoms with E-state index < -0.39 is 0 Å². The van der Waals surface area contributed by atoms with Gasteiger partial charge in [-0.1, -0.05) is 72.5 Å². The van der Waals surface area contributed by atoms with Crippen molar-refractivity contribution in [2.24, 2.45) is 0 Å². The average molecular weight is 345 g/mol. The maximum atomic E-state index is 12.5. The molecule has 0 radical (unpaired) electrons. The standard InChI is InChI=1S/C22H19NOS/c24-22-21-10-6-5-7-18(21)16-23(22)15-17-11-13-20(14-12-17)25-19-8-3-1-2-4-9-19/h1-8,10-14H,9,15-16H2. The molecule has 0 unspecified atom stereocenters. The quantitative estimate of drug-likeness (QED) is 0.746. The molecule has 0 saturated carbocycles. The normalized spacial score (nSPS) is 15.9. The molecule has 2 nitrogen and oxygen atoms in total. The number of fused-ring (bicyclic) bond motifs is 1. The number of rotatable bonds is 4. The van der Waals surface area contributed by atoms with Crippen LogP contribution < -0.4 is 0 Å². The fourth-order valence-corrected chi connectivity index (χ4v) is 4.01. The molecule has 1 aliphatic carbocycles. The summed E-state index contributed by atoms with van der Waals surface area (Å²) in [5.74, 6) is 0.135. The Kier molecular flexibility index (Phi) is 4.57. The molecule has 25 heavy (non-hydrogen) atoms. The summed E-state index contributed by atoms with van der Waals surface area (Å²) in [5, 5.41) is 0. The van der Waals surface area contributed by atoms with Crippen LogP contribution in [0.1, 0.15) is 27.9 Å². The molecule has 1 amide bonds. The van der Waals surface area contributed by atoms with Crippen LogP contribution in [-0.4, -0.2) is 10.8 Å². The highest BCUT2D eigenvalue weighted by Crippen LogP contribution is 2.31. The lowest BCUT2D eigenvalue weighted by molar-refractivity contribution is 0.0766. The summed E-state index contributed by atoms with van der Waals surface area (Å²) in [5.41, 5.74) is 3.14. The van der Waals surface area contributed by atoms with E-state index in [1.165, 1.54) is 15.4 Å². The van der Waals surface area contributed by atoms with Gasteiger partial charge in [0.1, 0.15) is 0 Å². The van der Waals surface area contributed by atoms with Crippen LogP contribution in [-0.2, 0) is 13.1 Å². The molecule has 2 aromatic carbocycles. The van der Waals surface area contributed by atoms with Crippen LogP contribution >= 0.6 is 11.8 Å². The summed E-state index contributed by atoms with van der Waals surface area (Å²) >= 11 is 1.80. The SMILES string of the molecule is O=C1c2ccccc2CN1Cc1ccc(SC2=CC=CC=CC2)cc1. The molecule has 0 spiro atoms. The lowest BCUT2D eigenvalue weighted by Gasteiger charge is -2.16. The summed E-state index contributed by atoms with van der Waals surface area (Å²) in [6.07, 6.45) is 11.5. The zero-order chi connectivity index (χ0) is 17.1. The first-order valence-corrected chi connectivity index (χ1v) is 9.27. The first-order chi connectivity index (χ1) is 12.3. The Hall–Kier alpha value is -2.52. The van der Waals surface area contributed by atoms with Crippen molar-refractivity contribution in [2.45, 2.75) is 24.4 Å². The Morgan fingerprint density at radius 3 is 2.64 bits per heavy atom. The number of benzene rings is 2. The summed E-state index contributed by atoms with van der Waals surface area (Å²) in [4.78, 5) is 16.9. The van der Waals surface area contributed by atoms with E-state index >= 15 is 0 Å². The van der Waals surface area contributed by atoms with E-state index in [-0.39, 0.29) is 5.91 Å². The molecule has 0 fully saturated rings. The van der Waals surface area contributed by atoms with Gasteiger partial charge in [-0.2, -0.15) is 0 Å². The number of allylic oxidation sites excluding steroid dienone is 6. The third-order valence-corrected chi connectivity index (χ3v) is 5.47. The minimum atomic E-state index is 0.135. The topological polar surface area (TPSA) is 20.3 Å². The van der Waals surface area contributed by atoms with E-state index in [9.17, 15) is 4.79 Å². The van der Waals surface area contributed by atoms with Gasteiger partial charge in [0.15, 0.2) is 0 Å². The van der Waals surface area contributed by atoms with Crippen molar-refractivity contribution in [3.8, 4) is 0 Å². The molecule has 0 N–H and O–H groups in total. The molecule has 2 aromatic rings. The molecule has 0 bridgehead atoms. The lowest BCUT2D eigenvalue weighted by Crippen LogP contribution is -2.23. The Labute approximate surface area is 152 Å². The van der Waals surface area contributed by atoms with Crippen molar-refractivity contribution in [3.05, 3.63) is 101 Å². The molecule has 0 saturated heterocycles. The summed E-state index contributed by atoms with van der Waals surface area (Å²) in [7, 11) is 0. The van der Waals surface area contributed by atoms with E-state index in [0.717, 1.165) is 17.5 Å². The minimum Gasteiger partial charge on any atom is -0.330 e. The third kappa shape index (κ3) is 3.62. The Bertz CT molecular complexity index is 877. The van der Waals surface area contributed by atoms with Gasteiger partial charge >= 0.3 is 0 Å². The van der Waals surface area contributed by atoms with Crippen LogP contribution in [0.3, 0.4) is 0 Å². The molecule has 2 aliphatic rings. The van der Waals surface area contributed by atoms with Crippen molar-refractivity contribution in [2.75, 3.05) is 0 Å². The molecule has 1 heterocycles. The van der Waals surface area contributed by atoms with E-state index in [1.54, 1.807) is 11.8 Å². The van der Waals surface area contributed by atoms with Crippen LogP contribution in [0, 0.1) is 0 Å². The predicted molar refractivity (Wildman–Crippen MR) is 103 cm³/mol. The van der Waals surface area contributed by atoms with Crippen molar-refractivity contribution in [1.29, 1.82) is 0 Å². The third-order valence-electron chi connectivity index (χ3n) is 4.40. The van der Waals surface area contributed by atoms with Gasteiger partial charge < -0.3 is 4.90 Å². The monoisotopic (exact) mass is 345 g/mol. The van der Waals surface area contributed by atoms with Gasteiger partial charge in [-0.25, -0.2) is 0 Å². The largest absolute Gasteiger partial charge is 0.330 e. The Morgan fingerprint density at radius 2 is 1.80 bits per heavy atom. The van der Waals surface area contributed by atoms with Gasteiger partial charge in [-0.3, -0.25) is 4.79 Å². The van der Waals surface area contributed by atoms with Crippen LogP contribution in [0.4, 0.5) is 0 Å². The maximum absolute atomic E-state index is 12.5. The van der Waals surface area contributed by atoms with Crippen LogP contribution in [0.25, 0.3) is 0 Å². The maximum Gasteiger partial charge on any atom is 0.254 e. The van der Waals surface area contributed by atoms with Crippen LogP contribution in [0.5, 0.6) is 0 Å². The van der Waals surface area contributed by atoms with E-state index in [4.69, 9.17) is 0 Å². The minimum absolute atomic E-state index is 0.135. The average Bonchev–Trinajstić information content (AvgIpc) is 2.80. The van der Waals surface area contributed by atoms with Crippen molar-refractivity contribution < 1.29 is 4.79 Å². The van der Waals surface area contributed by atoms with Gasteiger partial charge in [0.05, 0.1) is 0 Å². The summed E-state index contributed by atoms with van der Waals surface area (Å²) in [6, 6.07) is 16.4. The number of hydrogen-bond acceptors (Lipinski definition) is 2. The van der Waals surface area contributed by atoms with Crippen molar-refractivity contribution in [1.82, 2.24) is 4.90 Å². The van der Waals surface area contributed by atoms with Gasteiger partial charge in [-0.05, 0) is 40.7 Å². The number of nitrogens with zero attached hydrogens (tertiary/aromatic N) is 1. The van der Waals surface area contributed by atoms with E-state index in [1.807, 2.05) is 29.2 Å². The zero-order valence-electron chi connectivity index (χ0n) is 13.9. The molecule has 4 rings (SSSR count). The second-order valence-electron chi connectivity index (χ2n) is 6.21. The number of carbonyl (C=O) groups excluding carboxylic acids is 1. The van der Waals surface area contributed by atoms with Gasteiger partial charge in [0, 0.05) is 23.5 Å². The van der Waals surface area contributed by atoms with Gasteiger partial charge in [0.25, 0.3) is 5.91 Å². The lowest BCUT2D eigenvalue weighted by atomic mass is 10.1. The number of carbonyl (C=O) groups is 1. The number of amides is 1. The molecule has 124 valence electrons. The Balaban J connectivity index is 1.42. The van der Waals surface area contributed by atoms with Gasteiger partial charge in [0.2, 0.25) is 0 Å².